The van der Waals surface area contributed by atoms with Crippen LogP contribution in [0.1, 0.15) is 5.56 Å². The van der Waals surface area contributed by atoms with E-state index < -0.39 is 0 Å². The van der Waals surface area contributed by atoms with Crippen molar-refractivity contribution in [2.24, 2.45) is 0 Å². The van der Waals surface area contributed by atoms with Crippen molar-refractivity contribution in [1.82, 2.24) is 4.57 Å². The van der Waals surface area contributed by atoms with E-state index in [4.69, 9.17) is 4.42 Å². The number of hydrogen-bond donors (Lipinski definition) is 0. The number of anilines is 3. The molecular formula is C55H34FN3O. The van der Waals surface area contributed by atoms with Crippen LogP contribution in [0.4, 0.5) is 21.5 Å². The first-order valence-corrected chi connectivity index (χ1v) is 19.9. The van der Waals surface area contributed by atoms with Gasteiger partial charge in [-0.1, -0.05) is 127 Å². The lowest BCUT2D eigenvalue weighted by Crippen LogP contribution is -2.10. The largest absolute Gasteiger partial charge is 0.455 e. The molecule has 2 heterocycles. The third kappa shape index (κ3) is 5.82. The molecule has 11 rings (SSSR count). The summed E-state index contributed by atoms with van der Waals surface area (Å²) in [6.07, 6.45) is 0. The minimum Gasteiger partial charge on any atom is -0.455 e. The minimum absolute atomic E-state index is 0.268. The molecule has 0 radical (unpaired) electrons. The van der Waals surface area contributed by atoms with Crippen molar-refractivity contribution in [2.45, 2.75) is 0 Å². The third-order valence-corrected chi connectivity index (χ3v) is 11.5. The van der Waals surface area contributed by atoms with Crippen molar-refractivity contribution in [3.8, 4) is 45.1 Å². The van der Waals surface area contributed by atoms with E-state index in [2.05, 4.69) is 137 Å². The SMILES string of the molecule is N#Cc1ccccc1-c1ccc(N(c2ccc(-c3ccccc3-n3c4ccccc4c4ccc(F)cc43)cc2)c2ccc(-c3cccc4c3oc3ccccc34)cc2)cc1. The van der Waals surface area contributed by atoms with Gasteiger partial charge in [0.05, 0.1) is 28.4 Å². The number of aromatic nitrogens is 1. The topological polar surface area (TPSA) is 45.1 Å². The number of halogens is 1. The van der Waals surface area contributed by atoms with Crippen LogP contribution >= 0.6 is 0 Å². The Hall–Kier alpha value is -8.20. The molecule has 0 N–H and O–H groups in total. The van der Waals surface area contributed by atoms with Gasteiger partial charge in [0.2, 0.25) is 0 Å². The molecular weight excluding hydrogens is 738 g/mol. The Bertz CT molecular complexity index is 3450. The molecule has 0 atom stereocenters. The molecule has 11 aromatic rings. The van der Waals surface area contributed by atoms with Crippen molar-refractivity contribution >= 4 is 60.8 Å². The Morgan fingerprint density at radius 1 is 0.450 bits per heavy atom. The molecule has 0 aliphatic heterocycles. The summed E-state index contributed by atoms with van der Waals surface area (Å²) in [5.74, 6) is -0.268. The van der Waals surface area contributed by atoms with E-state index in [1.807, 2.05) is 72.8 Å². The highest BCUT2D eigenvalue weighted by atomic mass is 19.1. The van der Waals surface area contributed by atoms with Gasteiger partial charge in [-0.25, -0.2) is 4.39 Å². The summed E-state index contributed by atoms with van der Waals surface area (Å²) in [7, 11) is 0. The second-order valence-electron chi connectivity index (χ2n) is 14.9. The first kappa shape index (κ1) is 35.0. The molecule has 0 saturated carbocycles. The first-order chi connectivity index (χ1) is 29.6. The Morgan fingerprint density at radius 2 is 0.983 bits per heavy atom. The molecule has 0 aliphatic rings. The van der Waals surface area contributed by atoms with Gasteiger partial charge in [-0.05, 0) is 101 Å². The van der Waals surface area contributed by atoms with Crippen molar-refractivity contribution < 1.29 is 8.81 Å². The van der Waals surface area contributed by atoms with Gasteiger partial charge in [-0.15, -0.1) is 0 Å². The van der Waals surface area contributed by atoms with Crippen LogP contribution in [0.5, 0.6) is 0 Å². The van der Waals surface area contributed by atoms with Gasteiger partial charge in [0, 0.05) is 49.7 Å². The summed E-state index contributed by atoms with van der Waals surface area (Å²) in [5, 5.41) is 14.1. The first-order valence-electron chi connectivity index (χ1n) is 19.9. The van der Waals surface area contributed by atoms with E-state index in [9.17, 15) is 9.65 Å². The fourth-order valence-electron chi connectivity index (χ4n) is 8.74. The average molecular weight is 772 g/mol. The highest BCUT2D eigenvalue weighted by Crippen LogP contribution is 2.42. The highest BCUT2D eigenvalue weighted by molar-refractivity contribution is 6.10. The zero-order valence-corrected chi connectivity index (χ0v) is 32.3. The van der Waals surface area contributed by atoms with Crippen molar-refractivity contribution in [2.75, 3.05) is 4.90 Å². The molecule has 9 aromatic carbocycles. The predicted octanol–water partition coefficient (Wildman–Crippen LogP) is 15.2. The van der Waals surface area contributed by atoms with E-state index in [0.29, 0.717) is 5.56 Å². The van der Waals surface area contributed by atoms with E-state index in [-0.39, 0.29) is 5.82 Å². The molecule has 2 aromatic heterocycles. The second-order valence-corrected chi connectivity index (χ2v) is 14.9. The number of benzene rings is 9. The number of hydrogen-bond acceptors (Lipinski definition) is 3. The van der Waals surface area contributed by atoms with Gasteiger partial charge in [0.25, 0.3) is 0 Å². The number of para-hydroxylation sites is 4. The molecule has 0 amide bonds. The molecule has 4 nitrogen and oxygen atoms in total. The van der Waals surface area contributed by atoms with Gasteiger partial charge in [0.15, 0.2) is 0 Å². The van der Waals surface area contributed by atoms with Crippen LogP contribution in [0, 0.1) is 17.1 Å². The van der Waals surface area contributed by atoms with Gasteiger partial charge < -0.3 is 13.9 Å². The Kier molecular flexibility index (Phi) is 8.35. The number of furan rings is 1. The highest BCUT2D eigenvalue weighted by Gasteiger charge is 2.19. The summed E-state index contributed by atoms with van der Waals surface area (Å²) < 4.78 is 23.4. The quantitative estimate of drug-likeness (QED) is 0.162. The minimum atomic E-state index is -0.268. The zero-order chi connectivity index (χ0) is 40.2. The molecule has 0 saturated heterocycles. The molecule has 0 unspecified atom stereocenters. The monoisotopic (exact) mass is 771 g/mol. The van der Waals surface area contributed by atoms with E-state index in [1.165, 1.54) is 6.07 Å². The summed E-state index contributed by atoms with van der Waals surface area (Å²) in [6, 6.07) is 71.7. The maximum Gasteiger partial charge on any atom is 0.143 e. The van der Waals surface area contributed by atoms with Gasteiger partial charge in [-0.3, -0.25) is 0 Å². The Morgan fingerprint density at radius 3 is 1.70 bits per heavy atom. The van der Waals surface area contributed by atoms with Crippen LogP contribution in [-0.2, 0) is 0 Å². The maximum absolute atomic E-state index is 14.8. The van der Waals surface area contributed by atoms with Crippen LogP contribution in [0.3, 0.4) is 0 Å². The Balaban J connectivity index is 1.01. The van der Waals surface area contributed by atoms with Crippen LogP contribution in [0.15, 0.2) is 211 Å². The number of fused-ring (bicyclic) bond motifs is 6. The molecule has 0 aliphatic carbocycles. The van der Waals surface area contributed by atoms with E-state index in [0.717, 1.165) is 99.9 Å². The lowest BCUT2D eigenvalue weighted by atomic mass is 9.99. The number of nitrogens with zero attached hydrogens (tertiary/aromatic N) is 3. The normalized spacial score (nSPS) is 11.4. The van der Waals surface area contributed by atoms with Gasteiger partial charge in [-0.2, -0.15) is 5.26 Å². The standard InChI is InChI=1S/C55H34FN3O/c56-40-26-33-48-47-13-4-7-18-52(47)59(53(48)34-40)51-17-6-3-12-45(51)37-22-29-42(30-23-37)58(41-27-20-36(21-28-41)44-11-2-1-10-39(44)35-57)43-31-24-38(25-32-43)46-15-9-16-50-49-14-5-8-19-54(49)60-55(46)50/h1-34H. The fourth-order valence-corrected chi connectivity index (χ4v) is 8.74. The van der Waals surface area contributed by atoms with Crippen LogP contribution < -0.4 is 4.90 Å². The molecule has 282 valence electrons. The zero-order valence-electron chi connectivity index (χ0n) is 32.3. The second kappa shape index (κ2) is 14.3. The fraction of sp³-hybridized carbons (Fsp3) is 0. The number of nitriles is 1. The molecule has 5 heteroatoms. The third-order valence-electron chi connectivity index (χ3n) is 11.5. The van der Waals surface area contributed by atoms with Gasteiger partial charge in [0.1, 0.15) is 17.0 Å². The van der Waals surface area contributed by atoms with Crippen LogP contribution in [0.25, 0.3) is 82.8 Å². The summed E-state index contributed by atoms with van der Waals surface area (Å²) in [5.41, 5.74) is 14.2. The van der Waals surface area contributed by atoms with Crippen molar-refractivity contribution in [3.05, 3.63) is 218 Å². The molecule has 0 fully saturated rings. The Labute approximate surface area is 345 Å². The number of rotatable bonds is 7. The summed E-state index contributed by atoms with van der Waals surface area (Å²) in [4.78, 5) is 2.25. The maximum atomic E-state index is 14.8. The summed E-state index contributed by atoms with van der Waals surface area (Å²) in [6.45, 7) is 0. The van der Waals surface area contributed by atoms with Crippen molar-refractivity contribution in [3.63, 3.8) is 0 Å². The van der Waals surface area contributed by atoms with E-state index >= 15 is 0 Å². The molecule has 0 bridgehead atoms. The smallest absolute Gasteiger partial charge is 0.143 e. The lowest BCUT2D eigenvalue weighted by Gasteiger charge is -2.26. The molecule has 0 spiro atoms. The summed E-state index contributed by atoms with van der Waals surface area (Å²) >= 11 is 0. The predicted molar refractivity (Wildman–Crippen MR) is 244 cm³/mol. The van der Waals surface area contributed by atoms with Gasteiger partial charge >= 0.3 is 0 Å². The average Bonchev–Trinajstić information content (AvgIpc) is 3.85. The van der Waals surface area contributed by atoms with E-state index in [1.54, 1.807) is 6.07 Å². The molecule has 60 heavy (non-hydrogen) atoms. The van der Waals surface area contributed by atoms with Crippen LogP contribution in [0.2, 0.25) is 0 Å². The lowest BCUT2D eigenvalue weighted by molar-refractivity contribution is 0.629. The van der Waals surface area contributed by atoms with Crippen molar-refractivity contribution in [1.29, 1.82) is 5.26 Å². The van der Waals surface area contributed by atoms with Crippen LogP contribution in [-0.4, -0.2) is 4.57 Å².